The molecule has 0 aliphatic carbocycles. The lowest BCUT2D eigenvalue weighted by Crippen LogP contribution is -1.93. The zero-order chi connectivity index (χ0) is 12.7. The summed E-state index contributed by atoms with van der Waals surface area (Å²) in [5.41, 5.74) is 3.46. The molecule has 0 unspecified atom stereocenters. The van der Waals surface area contributed by atoms with Gasteiger partial charge in [0.2, 0.25) is 10.9 Å². The highest BCUT2D eigenvalue weighted by Gasteiger charge is 2.12. The van der Waals surface area contributed by atoms with Crippen LogP contribution < -0.4 is 5.32 Å². The molecule has 1 N–H and O–H groups in total. The van der Waals surface area contributed by atoms with Gasteiger partial charge >= 0.3 is 0 Å². The van der Waals surface area contributed by atoms with E-state index in [2.05, 4.69) is 55.8 Å². The summed E-state index contributed by atoms with van der Waals surface area (Å²) in [6, 6.07) is 6.25. The van der Waals surface area contributed by atoms with Crippen LogP contribution in [0.15, 0.2) is 28.1 Å². The third-order valence-electron chi connectivity index (χ3n) is 2.78. The molecule has 1 aromatic carbocycles. The quantitative estimate of drug-likeness (QED) is 0.784. The van der Waals surface area contributed by atoms with Crippen LogP contribution in [0.4, 0.5) is 5.95 Å². The Morgan fingerprint density at radius 3 is 3.00 bits per heavy atom. The summed E-state index contributed by atoms with van der Waals surface area (Å²) in [4.78, 5) is 5.27. The molecule has 0 radical (unpaired) electrons. The number of hydrogen-bond donors (Lipinski definition) is 1. The molecule has 0 saturated carbocycles. The minimum absolute atomic E-state index is 0.649. The summed E-state index contributed by atoms with van der Waals surface area (Å²) < 4.78 is 2.95. The van der Waals surface area contributed by atoms with Gasteiger partial charge in [-0.25, -0.2) is 4.52 Å². The molecule has 0 amide bonds. The van der Waals surface area contributed by atoms with Crippen molar-refractivity contribution in [2.75, 3.05) is 12.4 Å². The van der Waals surface area contributed by atoms with Crippen LogP contribution in [0.1, 0.15) is 5.56 Å². The van der Waals surface area contributed by atoms with Crippen molar-refractivity contribution in [2.45, 2.75) is 6.92 Å². The number of benzene rings is 1. The van der Waals surface area contributed by atoms with Crippen LogP contribution >= 0.6 is 27.3 Å². The molecule has 0 saturated heterocycles. The Bertz CT molecular complexity index is 716. The van der Waals surface area contributed by atoms with Crippen LogP contribution in [0.2, 0.25) is 0 Å². The number of halogens is 1. The summed E-state index contributed by atoms with van der Waals surface area (Å²) >= 11 is 5.10. The zero-order valence-corrected chi connectivity index (χ0v) is 12.3. The molecule has 4 nitrogen and oxygen atoms in total. The summed E-state index contributed by atoms with van der Waals surface area (Å²) in [7, 11) is 1.82. The van der Waals surface area contributed by atoms with E-state index in [9.17, 15) is 0 Å². The first-order chi connectivity index (χ1) is 8.69. The summed E-state index contributed by atoms with van der Waals surface area (Å²) in [5, 5.41) is 9.48. The molecule has 0 bridgehead atoms. The standard InChI is InChI=1S/C12H11BrN4S/c1-7-3-4-8(13)5-9(7)10-6-18-12-15-11(14-2)16-17(10)12/h3-6H,1-2H3,(H,14,16). The largest absolute Gasteiger partial charge is 0.356 e. The van der Waals surface area contributed by atoms with Gasteiger partial charge in [0.15, 0.2) is 0 Å². The maximum Gasteiger partial charge on any atom is 0.243 e. The third-order valence-corrected chi connectivity index (χ3v) is 4.09. The number of aryl methyl sites for hydroxylation is 1. The van der Waals surface area contributed by atoms with E-state index in [1.54, 1.807) is 11.3 Å². The maximum atomic E-state index is 4.43. The molecule has 18 heavy (non-hydrogen) atoms. The monoisotopic (exact) mass is 322 g/mol. The van der Waals surface area contributed by atoms with Gasteiger partial charge < -0.3 is 5.32 Å². The Kier molecular flexibility index (Phi) is 2.83. The minimum atomic E-state index is 0.649. The number of anilines is 1. The molecule has 0 aliphatic heterocycles. The van der Waals surface area contributed by atoms with Gasteiger partial charge in [-0.05, 0) is 24.6 Å². The van der Waals surface area contributed by atoms with E-state index in [1.165, 1.54) is 11.1 Å². The highest BCUT2D eigenvalue weighted by Crippen LogP contribution is 2.30. The average Bonchev–Trinajstić information content (AvgIpc) is 2.91. The predicted molar refractivity (Wildman–Crippen MR) is 78.3 cm³/mol. The molecule has 0 fully saturated rings. The lowest BCUT2D eigenvalue weighted by molar-refractivity contribution is 0.984. The molecule has 2 aromatic heterocycles. The molecule has 6 heteroatoms. The van der Waals surface area contributed by atoms with Gasteiger partial charge in [0.1, 0.15) is 0 Å². The first kappa shape index (κ1) is 11.7. The van der Waals surface area contributed by atoms with E-state index in [4.69, 9.17) is 0 Å². The lowest BCUT2D eigenvalue weighted by atomic mass is 10.1. The van der Waals surface area contributed by atoms with Crippen molar-refractivity contribution in [2.24, 2.45) is 0 Å². The second-order valence-corrected chi connectivity index (χ2v) is 5.71. The van der Waals surface area contributed by atoms with Crippen molar-refractivity contribution in [1.29, 1.82) is 0 Å². The van der Waals surface area contributed by atoms with Crippen molar-refractivity contribution in [1.82, 2.24) is 14.6 Å². The number of hydrogen-bond acceptors (Lipinski definition) is 4. The van der Waals surface area contributed by atoms with Crippen LogP contribution in [-0.4, -0.2) is 21.6 Å². The third kappa shape index (κ3) is 1.81. The Morgan fingerprint density at radius 2 is 2.22 bits per heavy atom. The van der Waals surface area contributed by atoms with Crippen LogP contribution in [0.25, 0.3) is 16.2 Å². The van der Waals surface area contributed by atoms with Gasteiger partial charge in [0.25, 0.3) is 0 Å². The topological polar surface area (TPSA) is 42.2 Å². The van der Waals surface area contributed by atoms with Gasteiger partial charge in [-0.1, -0.05) is 22.0 Å². The van der Waals surface area contributed by atoms with E-state index in [-0.39, 0.29) is 0 Å². The van der Waals surface area contributed by atoms with E-state index >= 15 is 0 Å². The molecular formula is C12H11BrN4S. The van der Waals surface area contributed by atoms with Crippen LogP contribution in [0.5, 0.6) is 0 Å². The Balaban J connectivity index is 2.24. The first-order valence-corrected chi connectivity index (χ1v) is 7.15. The Labute approximate surface area is 117 Å². The van der Waals surface area contributed by atoms with E-state index in [1.807, 2.05) is 17.6 Å². The number of thiazole rings is 1. The van der Waals surface area contributed by atoms with E-state index in [0.29, 0.717) is 5.95 Å². The van der Waals surface area contributed by atoms with Gasteiger partial charge in [-0.3, -0.25) is 0 Å². The zero-order valence-electron chi connectivity index (χ0n) is 9.94. The van der Waals surface area contributed by atoms with Crippen molar-refractivity contribution >= 4 is 38.2 Å². The lowest BCUT2D eigenvalue weighted by Gasteiger charge is -2.04. The van der Waals surface area contributed by atoms with Gasteiger partial charge in [0, 0.05) is 22.5 Å². The summed E-state index contributed by atoms with van der Waals surface area (Å²) in [6.07, 6.45) is 0. The smallest absolute Gasteiger partial charge is 0.243 e. The molecule has 0 atom stereocenters. The number of aromatic nitrogens is 3. The summed E-state index contributed by atoms with van der Waals surface area (Å²) in [5.74, 6) is 0.649. The molecule has 3 aromatic rings. The van der Waals surface area contributed by atoms with Crippen LogP contribution in [-0.2, 0) is 0 Å². The van der Waals surface area contributed by atoms with Crippen molar-refractivity contribution in [3.05, 3.63) is 33.6 Å². The molecule has 2 heterocycles. The highest BCUT2D eigenvalue weighted by atomic mass is 79.9. The van der Waals surface area contributed by atoms with E-state index < -0.39 is 0 Å². The SMILES string of the molecule is CNc1nc2scc(-c3cc(Br)ccc3C)n2n1. The molecule has 92 valence electrons. The fraction of sp³-hybridized carbons (Fsp3) is 0.167. The minimum Gasteiger partial charge on any atom is -0.356 e. The van der Waals surface area contributed by atoms with Crippen molar-refractivity contribution in [3.63, 3.8) is 0 Å². The number of nitrogens with zero attached hydrogens (tertiary/aromatic N) is 3. The van der Waals surface area contributed by atoms with Gasteiger partial charge in [-0.15, -0.1) is 16.4 Å². The number of fused-ring (bicyclic) bond motifs is 1. The fourth-order valence-corrected chi connectivity index (χ4v) is 3.03. The predicted octanol–water partition coefficient (Wildman–Crippen LogP) is 3.57. The molecule has 0 aliphatic rings. The Hall–Kier alpha value is -1.40. The maximum absolute atomic E-state index is 4.43. The van der Waals surface area contributed by atoms with Crippen molar-refractivity contribution < 1.29 is 0 Å². The Morgan fingerprint density at radius 1 is 1.39 bits per heavy atom. The molecule has 0 spiro atoms. The second-order valence-electron chi connectivity index (χ2n) is 3.96. The number of nitrogens with one attached hydrogen (secondary N) is 1. The fourth-order valence-electron chi connectivity index (χ4n) is 1.84. The second kappa shape index (κ2) is 4.37. The normalized spacial score (nSPS) is 11.1. The molecule has 3 rings (SSSR count). The van der Waals surface area contributed by atoms with E-state index in [0.717, 1.165) is 15.1 Å². The number of rotatable bonds is 2. The van der Waals surface area contributed by atoms with Crippen LogP contribution in [0.3, 0.4) is 0 Å². The average molecular weight is 323 g/mol. The van der Waals surface area contributed by atoms with Crippen LogP contribution in [0, 0.1) is 6.92 Å². The van der Waals surface area contributed by atoms with Gasteiger partial charge in [-0.2, -0.15) is 4.98 Å². The van der Waals surface area contributed by atoms with Gasteiger partial charge in [0.05, 0.1) is 5.69 Å². The molecular weight excluding hydrogens is 312 g/mol. The highest BCUT2D eigenvalue weighted by molar-refractivity contribution is 9.10. The summed E-state index contributed by atoms with van der Waals surface area (Å²) in [6.45, 7) is 2.10. The van der Waals surface area contributed by atoms with Crippen molar-refractivity contribution in [3.8, 4) is 11.3 Å². The first-order valence-electron chi connectivity index (χ1n) is 5.47.